The van der Waals surface area contributed by atoms with Crippen molar-refractivity contribution in [1.29, 1.82) is 0 Å². The predicted molar refractivity (Wildman–Crippen MR) is 88.8 cm³/mol. The summed E-state index contributed by atoms with van der Waals surface area (Å²) in [5.74, 6) is 0.556. The van der Waals surface area contributed by atoms with Gasteiger partial charge in [-0.1, -0.05) is 59.8 Å². The number of hydrogen-bond acceptors (Lipinski definition) is 1. The van der Waals surface area contributed by atoms with Gasteiger partial charge in [0.25, 0.3) is 0 Å². The van der Waals surface area contributed by atoms with Gasteiger partial charge in [-0.05, 0) is 30.8 Å². The van der Waals surface area contributed by atoms with Crippen LogP contribution in [0.3, 0.4) is 0 Å². The molecule has 1 rings (SSSR count). The number of aliphatic carboxylic acids is 1. The van der Waals surface area contributed by atoms with Gasteiger partial charge in [0, 0.05) is 6.42 Å². The lowest BCUT2D eigenvalue weighted by molar-refractivity contribution is -0.138. The summed E-state index contributed by atoms with van der Waals surface area (Å²) in [4.78, 5) is 10.7. The Balaban J connectivity index is 0. The average Bonchev–Trinajstić information content (AvgIpc) is 2.86. The van der Waals surface area contributed by atoms with Crippen molar-refractivity contribution in [3.05, 3.63) is 0 Å². The van der Waals surface area contributed by atoms with E-state index in [4.69, 9.17) is 5.11 Å². The molecule has 19 heavy (non-hydrogen) atoms. The summed E-state index contributed by atoms with van der Waals surface area (Å²) in [6.45, 7) is 8.00. The van der Waals surface area contributed by atoms with E-state index in [1.807, 2.05) is 27.7 Å². The summed E-state index contributed by atoms with van der Waals surface area (Å²) >= 11 is 0. The van der Waals surface area contributed by atoms with E-state index >= 15 is 0 Å². The molecule has 116 valence electrons. The Morgan fingerprint density at radius 2 is 1.63 bits per heavy atom. The van der Waals surface area contributed by atoms with Crippen molar-refractivity contribution in [1.82, 2.24) is 0 Å². The highest BCUT2D eigenvalue weighted by molar-refractivity contribution is 7.16. The second-order valence-corrected chi connectivity index (χ2v) is 5.26. The zero-order chi connectivity index (χ0) is 15.1. The molecule has 2 nitrogen and oxygen atoms in total. The molecule has 3 atom stereocenters. The zero-order valence-corrected chi connectivity index (χ0v) is 14.6. The Bertz CT molecular complexity index is 195. The zero-order valence-electron chi connectivity index (χ0n) is 13.5. The molecule has 1 fully saturated rings. The summed E-state index contributed by atoms with van der Waals surface area (Å²) < 4.78 is 0. The molecule has 1 N–H and O–H groups in total. The van der Waals surface area contributed by atoms with Crippen molar-refractivity contribution >= 4 is 15.2 Å². The first-order valence-electron chi connectivity index (χ1n) is 8.16. The van der Waals surface area contributed by atoms with Gasteiger partial charge in [-0.2, -0.15) is 0 Å². The van der Waals surface area contributed by atoms with Crippen molar-refractivity contribution < 1.29 is 9.90 Å². The van der Waals surface area contributed by atoms with Crippen molar-refractivity contribution in [3.8, 4) is 0 Å². The molecule has 0 radical (unpaired) electrons. The van der Waals surface area contributed by atoms with Crippen LogP contribution in [-0.2, 0) is 4.79 Å². The van der Waals surface area contributed by atoms with E-state index in [0.29, 0.717) is 18.3 Å². The fourth-order valence-electron chi connectivity index (χ4n) is 2.71. The molecule has 0 heterocycles. The topological polar surface area (TPSA) is 37.3 Å². The average molecular weight is 290 g/mol. The van der Waals surface area contributed by atoms with Gasteiger partial charge in [-0.3, -0.25) is 4.79 Å². The normalized spacial score (nSPS) is 20.9. The third-order valence-corrected chi connectivity index (χ3v) is 3.94. The Morgan fingerprint density at radius 1 is 1.05 bits per heavy atom. The number of carboxylic acids is 1. The Hall–Kier alpha value is -0.100. The molecule has 1 unspecified atom stereocenters. The van der Waals surface area contributed by atoms with Gasteiger partial charge in [0.05, 0.1) is 0 Å². The summed E-state index contributed by atoms with van der Waals surface area (Å²) in [7, 11) is 2.76. The quantitative estimate of drug-likeness (QED) is 0.506. The van der Waals surface area contributed by atoms with E-state index in [9.17, 15) is 4.79 Å². The van der Waals surface area contributed by atoms with Crippen LogP contribution in [0.15, 0.2) is 0 Å². The summed E-state index contributed by atoms with van der Waals surface area (Å²) in [6.07, 6.45) is 10.4. The molecule has 1 aliphatic carbocycles. The van der Waals surface area contributed by atoms with E-state index in [1.165, 1.54) is 44.7 Å². The highest BCUT2D eigenvalue weighted by Gasteiger charge is 2.28. The van der Waals surface area contributed by atoms with Crippen LogP contribution in [0.5, 0.6) is 0 Å². The van der Waals surface area contributed by atoms with Crippen LogP contribution in [0, 0.1) is 11.8 Å². The Morgan fingerprint density at radius 3 is 2.16 bits per heavy atom. The van der Waals surface area contributed by atoms with Gasteiger partial charge < -0.3 is 5.11 Å². The first-order valence-corrected chi connectivity index (χ1v) is 8.97. The maximum Gasteiger partial charge on any atom is 0.303 e. The summed E-state index contributed by atoms with van der Waals surface area (Å²) in [6, 6.07) is 0. The minimum Gasteiger partial charge on any atom is -0.481 e. The molecule has 0 aromatic carbocycles. The highest BCUT2D eigenvalue weighted by atomic mass is 31.0. The van der Waals surface area contributed by atoms with Gasteiger partial charge >= 0.3 is 5.97 Å². The molecule has 1 saturated carbocycles. The van der Waals surface area contributed by atoms with Gasteiger partial charge in [-0.25, -0.2) is 0 Å². The minimum atomic E-state index is -0.614. The molecule has 0 aromatic heterocycles. The van der Waals surface area contributed by atoms with Gasteiger partial charge in [-0.15, -0.1) is 9.24 Å². The van der Waals surface area contributed by atoms with Crippen LogP contribution < -0.4 is 0 Å². The van der Waals surface area contributed by atoms with Crippen LogP contribution in [0.1, 0.15) is 79.1 Å². The summed E-state index contributed by atoms with van der Waals surface area (Å²) in [5, 5.41) is 8.80. The molecule has 0 aliphatic heterocycles. The largest absolute Gasteiger partial charge is 0.481 e. The van der Waals surface area contributed by atoms with Crippen LogP contribution >= 0.6 is 9.24 Å². The van der Waals surface area contributed by atoms with E-state index in [1.54, 1.807) is 0 Å². The van der Waals surface area contributed by atoms with E-state index in [0.717, 1.165) is 6.42 Å². The number of carboxylic acid groups (broad SMARTS) is 1. The van der Waals surface area contributed by atoms with Crippen LogP contribution in [0.4, 0.5) is 0 Å². The standard InChI is InChI=1S/C12H23O2P.2C2H6/c13-12(14)9-11-7-4-6-10(11)5-2-1-3-8-15;2*1-2/h10-11H,1-9,15H2,(H,13,14);2*1-2H3/t10-,11+;;/m0../s1. The fraction of sp³-hybridized carbons (Fsp3) is 0.938. The van der Waals surface area contributed by atoms with Gasteiger partial charge in [0.1, 0.15) is 0 Å². The second kappa shape index (κ2) is 16.0. The van der Waals surface area contributed by atoms with Gasteiger partial charge in [0.15, 0.2) is 0 Å². The van der Waals surface area contributed by atoms with Crippen LogP contribution in [0.2, 0.25) is 0 Å². The van der Waals surface area contributed by atoms with Crippen LogP contribution in [-0.4, -0.2) is 17.2 Å². The predicted octanol–water partition coefficient (Wildman–Crippen LogP) is 5.37. The molecular formula is C16H35O2P. The lowest BCUT2D eigenvalue weighted by atomic mass is 9.88. The number of carbonyl (C=O) groups is 1. The highest BCUT2D eigenvalue weighted by Crippen LogP contribution is 2.37. The molecule has 0 bridgehead atoms. The van der Waals surface area contributed by atoms with Crippen molar-refractivity contribution in [2.24, 2.45) is 11.8 Å². The van der Waals surface area contributed by atoms with E-state index in [-0.39, 0.29) is 0 Å². The van der Waals surface area contributed by atoms with Crippen LogP contribution in [0.25, 0.3) is 0 Å². The summed E-state index contributed by atoms with van der Waals surface area (Å²) in [5.41, 5.74) is 0. The lowest BCUT2D eigenvalue weighted by Crippen LogP contribution is -2.12. The first-order chi connectivity index (χ1) is 9.24. The Kier molecular flexibility index (Phi) is 17.8. The lowest BCUT2D eigenvalue weighted by Gasteiger charge is -2.17. The van der Waals surface area contributed by atoms with Crippen molar-refractivity contribution in [3.63, 3.8) is 0 Å². The van der Waals surface area contributed by atoms with Crippen molar-refractivity contribution in [2.45, 2.75) is 79.1 Å². The molecule has 0 spiro atoms. The van der Waals surface area contributed by atoms with Gasteiger partial charge in [0.2, 0.25) is 0 Å². The monoisotopic (exact) mass is 290 g/mol. The minimum absolute atomic E-state index is 0.397. The fourth-order valence-corrected chi connectivity index (χ4v) is 3.00. The van der Waals surface area contributed by atoms with E-state index < -0.39 is 5.97 Å². The SMILES string of the molecule is CC.CC.O=C(O)C[C@H]1CCC[C@@H]1CCCCCP. The second-order valence-electron chi connectivity index (χ2n) is 4.69. The third-order valence-electron chi connectivity index (χ3n) is 3.53. The van der Waals surface area contributed by atoms with Crippen molar-refractivity contribution in [2.75, 3.05) is 6.16 Å². The maximum atomic E-state index is 10.7. The Labute approximate surface area is 123 Å². The molecule has 0 amide bonds. The van der Waals surface area contributed by atoms with E-state index in [2.05, 4.69) is 9.24 Å². The molecular weight excluding hydrogens is 255 g/mol. The molecule has 0 aromatic rings. The smallest absolute Gasteiger partial charge is 0.303 e. The molecule has 0 saturated heterocycles. The first kappa shape index (κ1) is 21.2. The molecule has 3 heteroatoms. The number of unbranched alkanes of at least 4 members (excludes halogenated alkanes) is 2. The molecule has 1 aliphatic rings. The number of rotatable bonds is 7. The maximum absolute atomic E-state index is 10.7. The third kappa shape index (κ3) is 11.4. The number of hydrogen-bond donors (Lipinski definition) is 1.